The summed E-state index contributed by atoms with van der Waals surface area (Å²) in [6, 6.07) is 41.3. The van der Waals surface area contributed by atoms with E-state index >= 15 is 0 Å². The van der Waals surface area contributed by atoms with Crippen LogP contribution in [0.3, 0.4) is 0 Å². The minimum atomic E-state index is -6.58. The molecule has 1 atom stereocenters. The quantitative estimate of drug-likeness (QED) is 0.0110. The maximum Gasteiger partial charge on any atom is 0.438 e. The average Bonchev–Trinajstić information content (AvgIpc) is 1.32. The molecule has 28 nitrogen and oxygen atoms in total. The van der Waals surface area contributed by atoms with Gasteiger partial charge in [0.15, 0.2) is 0 Å². The largest absolute Gasteiger partial charge is 0.748 e. The van der Waals surface area contributed by atoms with E-state index in [9.17, 15) is 196 Å². The topological polar surface area (TPSA) is 439 Å². The second-order valence-corrected chi connectivity index (χ2v) is 38.0. The second kappa shape index (κ2) is 45.6. The maximum atomic E-state index is 13.7. The summed E-state index contributed by atoms with van der Waals surface area (Å²) in [7, 11) is -2.87. The lowest BCUT2D eigenvalue weighted by Gasteiger charge is -2.37. The summed E-state index contributed by atoms with van der Waals surface area (Å²) in [4.78, 5) is 102. The van der Waals surface area contributed by atoms with Gasteiger partial charge in [-0.05, 0) is 117 Å². The number of carbonyl (C=O) groups is 8. The van der Waals surface area contributed by atoms with Crippen LogP contribution >= 0.6 is 0 Å². The molecule has 1 saturated carbocycles. The van der Waals surface area contributed by atoms with Crippen molar-refractivity contribution in [3.05, 3.63) is 266 Å². The summed E-state index contributed by atoms with van der Waals surface area (Å²) in [6.45, 7) is 0. The molecule has 9 aromatic carbocycles. The summed E-state index contributed by atoms with van der Waals surface area (Å²) in [5, 5.41) is 0.976. The van der Waals surface area contributed by atoms with Gasteiger partial charge in [-0.2, -0.15) is 105 Å². The van der Waals surface area contributed by atoms with Gasteiger partial charge in [0.2, 0.25) is 0 Å². The first-order valence-electron chi connectivity index (χ1n) is 41.8. The zero-order valence-electron chi connectivity index (χ0n) is 74.9. The molecule has 0 amide bonds. The van der Waals surface area contributed by atoms with Crippen LogP contribution in [0.15, 0.2) is 194 Å². The van der Waals surface area contributed by atoms with Crippen molar-refractivity contribution < 1.29 is 234 Å². The Hall–Kier alpha value is -13.0. The SMILES string of the molecule is [B]Cc1ccc(C(=O)OC(CS(=O)(=O)[O-])(C(F)(F)F)C(F)(F)F)c(OC(=O)C2C=Cc3ccccc32)c1.[B]Cc1ccc(C(=O)OC(CS(=O)(=O)[O-])(C(F)(F)F)C(F)(F)F)c(OC(=O)C2c3ccccc3-c3ccccc32)c1.[B]Cc1ccc(C(=O)OC(CS(=O)(=O)[O-])(C(F)(F)F)C(F)(F)F)c(OC(=O)c2cccc3ccccc23)c1.[B]Cc1ccc(C(=O)OC(CS(=O)(=O)[O-])(C(F)(F)F)C(F)(F)F)cc1OC(=O)C1CCCCC1. The van der Waals surface area contributed by atoms with Gasteiger partial charge in [0.1, 0.15) is 51.5 Å². The number of fused-ring (bicyclic) bond motifs is 5. The van der Waals surface area contributed by atoms with Crippen LogP contribution in [0.4, 0.5) is 105 Å². The molecule has 0 heterocycles. The highest BCUT2D eigenvalue weighted by atomic mass is 32.2. The highest BCUT2D eigenvalue weighted by Crippen LogP contribution is 2.54. The molecule has 0 aromatic heterocycles. The predicted octanol–water partition coefficient (Wildman–Crippen LogP) is 16.0. The lowest BCUT2D eigenvalue weighted by molar-refractivity contribution is -0.357. The molecule has 0 aliphatic heterocycles. The minimum Gasteiger partial charge on any atom is -0.748 e. The van der Waals surface area contributed by atoms with Crippen LogP contribution in [-0.2, 0) is 99.1 Å². The lowest BCUT2D eigenvalue weighted by atomic mass is 9.89. The van der Waals surface area contributed by atoms with Crippen molar-refractivity contribution in [3.63, 3.8) is 0 Å². The van der Waals surface area contributed by atoms with Crippen molar-refractivity contribution in [2.45, 2.75) is 141 Å². The zero-order chi connectivity index (χ0) is 113. The van der Waals surface area contributed by atoms with Gasteiger partial charge in [0, 0.05) is 0 Å². The number of ether oxygens (including phenoxy) is 8. The number of halogens is 24. The van der Waals surface area contributed by atoms with Gasteiger partial charge >= 0.3 is 120 Å². The molecule has 60 heteroatoms. The maximum absolute atomic E-state index is 13.7. The average molecular weight is 2220 g/mol. The molecule has 1 unspecified atom stereocenters. The van der Waals surface area contributed by atoms with Crippen LogP contribution < -0.4 is 18.9 Å². The fourth-order valence-electron chi connectivity index (χ4n) is 14.8. The second-order valence-electron chi connectivity index (χ2n) is 32.4. The zero-order valence-corrected chi connectivity index (χ0v) is 78.2. The number of hydrogen-bond acceptors (Lipinski definition) is 28. The van der Waals surface area contributed by atoms with Crippen molar-refractivity contribution >= 4 is 136 Å². The molecule has 12 rings (SSSR count). The first-order valence-corrected chi connectivity index (χ1v) is 48.1. The van der Waals surface area contributed by atoms with Crippen LogP contribution in [0, 0.1) is 5.92 Å². The summed E-state index contributed by atoms with van der Waals surface area (Å²) in [5.41, 5.74) is -22.9. The number of hydrogen-bond donors (Lipinski definition) is 0. The highest BCUT2D eigenvalue weighted by Gasteiger charge is 2.79. The molecule has 0 spiro atoms. The number of esters is 8. The van der Waals surface area contributed by atoms with Crippen LogP contribution in [0.25, 0.3) is 28.0 Å². The molecule has 150 heavy (non-hydrogen) atoms. The summed E-state index contributed by atoms with van der Waals surface area (Å²) < 4.78 is 492. The fourth-order valence-corrected chi connectivity index (χ4v) is 18.3. The Morgan fingerprint density at radius 1 is 0.313 bits per heavy atom. The number of benzene rings is 9. The summed E-state index contributed by atoms with van der Waals surface area (Å²) >= 11 is 0. The molecular formula is C90H62B4F24O28S4-4. The Bertz CT molecular complexity index is 7030. The smallest absolute Gasteiger partial charge is 0.438 e. The van der Waals surface area contributed by atoms with E-state index in [2.05, 4.69) is 18.9 Å². The fraction of sp³-hybridized carbons (Fsp3) is 0.311. The summed E-state index contributed by atoms with van der Waals surface area (Å²) in [6.07, 6.45) is -46.9. The number of alkyl halides is 24. The van der Waals surface area contributed by atoms with Crippen molar-refractivity contribution in [1.29, 1.82) is 0 Å². The number of rotatable bonds is 28. The van der Waals surface area contributed by atoms with E-state index in [1.807, 2.05) is 0 Å². The molecular weight excluding hydrogens is 2160 g/mol. The molecule has 0 bridgehead atoms. The monoisotopic (exact) mass is 2220 g/mol. The number of carbonyl (C=O) groups excluding carboxylic acids is 8. The van der Waals surface area contributed by atoms with Crippen molar-refractivity contribution in [1.82, 2.24) is 0 Å². The molecule has 1 fully saturated rings. The Kier molecular flexibility index (Phi) is 36.7. The van der Waals surface area contributed by atoms with Gasteiger partial charge in [-0.15, -0.1) is 0 Å². The van der Waals surface area contributed by atoms with Crippen molar-refractivity contribution in [2.75, 3.05) is 23.0 Å². The van der Waals surface area contributed by atoms with Gasteiger partial charge in [-0.25, -0.2) is 57.6 Å². The Labute approximate surface area is 836 Å². The molecule has 3 aliphatic carbocycles. The molecule has 3 aliphatic rings. The summed E-state index contributed by atoms with van der Waals surface area (Å²) in [5.74, 6) is -31.3. The van der Waals surface area contributed by atoms with Crippen molar-refractivity contribution in [3.8, 4) is 34.1 Å². The van der Waals surface area contributed by atoms with Gasteiger partial charge in [0.05, 0.1) is 112 Å². The third kappa shape index (κ3) is 28.0. The van der Waals surface area contributed by atoms with Gasteiger partial charge in [0.25, 0.3) is 0 Å². The van der Waals surface area contributed by atoms with E-state index in [-0.39, 0.29) is 58.8 Å². The third-order valence-electron chi connectivity index (χ3n) is 22.2. The normalized spacial score (nSPS) is 14.6. The van der Waals surface area contributed by atoms with Gasteiger partial charge in [-0.1, -0.05) is 207 Å². The molecule has 798 valence electrons. The third-order valence-corrected chi connectivity index (χ3v) is 25.2. The van der Waals surface area contributed by atoms with E-state index < -0.39 is 240 Å². The first-order chi connectivity index (χ1) is 69.0. The minimum absolute atomic E-state index is 0.0575. The predicted molar refractivity (Wildman–Crippen MR) is 467 cm³/mol. The Morgan fingerprint density at radius 2 is 0.647 bits per heavy atom. The van der Waals surface area contributed by atoms with Crippen LogP contribution in [0.1, 0.15) is 140 Å². The highest BCUT2D eigenvalue weighted by molar-refractivity contribution is 7.86. The van der Waals surface area contributed by atoms with E-state index in [1.165, 1.54) is 18.2 Å². The van der Waals surface area contributed by atoms with E-state index in [0.717, 1.165) is 67.8 Å². The van der Waals surface area contributed by atoms with Gasteiger partial charge < -0.3 is 56.1 Å². The van der Waals surface area contributed by atoms with E-state index in [0.29, 0.717) is 81.3 Å². The molecule has 9 aromatic rings. The lowest BCUT2D eigenvalue weighted by Crippen LogP contribution is -2.63. The van der Waals surface area contributed by atoms with Crippen LogP contribution in [0.2, 0.25) is 0 Å². The Balaban J connectivity index is 0.000000222. The van der Waals surface area contributed by atoms with Crippen LogP contribution in [-0.4, -0.2) is 226 Å². The van der Waals surface area contributed by atoms with Crippen LogP contribution in [0.5, 0.6) is 23.0 Å². The van der Waals surface area contributed by atoms with E-state index in [1.54, 1.807) is 109 Å². The molecule has 0 saturated heterocycles. The Morgan fingerprint density at radius 3 is 1.02 bits per heavy atom. The van der Waals surface area contributed by atoms with Gasteiger partial charge in [-0.3, -0.25) is 14.4 Å². The molecule has 8 radical (unpaired) electrons. The van der Waals surface area contributed by atoms with E-state index in [4.69, 9.17) is 50.3 Å². The van der Waals surface area contributed by atoms with Crippen molar-refractivity contribution in [2.24, 2.45) is 5.92 Å². The first kappa shape index (κ1) is 120. The standard InChI is InChI=1S/C26H17BF6O7S.C23H15BF6O7S.C22H15BF6O7S.C19H19BF6O7S/c27-12-14-9-10-19(22(34)40-24(25(28,29)30,26(31,32)33)13-41(36,37)38)20(11-14)39-23(35)21-17-7-3-1-5-15(17)16-6-2-4-8-18(16)21;24-11-13-8-9-17(20(32)37-21(22(25,26)27,23(28,29)30)12-38(33,34)35)18(10-13)36-19(31)16-7-3-5-14-4-1-2-6-15(14)16;23-10-12-5-7-16(17(9-12)35-18(30)15-8-6-13-3-1-2-4-14(13)15)19(31)36-20(21(24,25)26,22(27,28)29)11-37(32,33)34;20-9-13-7-6-12(8-14(13)32-15(27)11-4-2-1-3-5-11)16(28)33-17(18(21,22)23,19(24,25)26)10-34(29,30)31/h1-11,21H,12-13H2,(H,36,37,38);1-10H,11-12H2,(H,33,34,35);1-9,15H,10-11H2,(H,32,33,34);6-8,11H,1-5,9-10H2,(H,29,30,31)/p-4. The molecule has 0 N–H and O–H groups in total.